The van der Waals surface area contributed by atoms with Crippen molar-refractivity contribution in [1.82, 2.24) is 0 Å². The van der Waals surface area contributed by atoms with E-state index in [2.05, 4.69) is 26.8 Å². The predicted molar refractivity (Wildman–Crippen MR) is 173 cm³/mol. The first-order valence-electron chi connectivity index (χ1n) is 17.4. The molecule has 0 radical (unpaired) electrons. The fraction of sp³-hybridized carbons (Fsp3) is 0.763. The van der Waals surface area contributed by atoms with Crippen LogP contribution in [0.15, 0.2) is 23.8 Å². The van der Waals surface area contributed by atoms with Gasteiger partial charge in [0, 0.05) is 6.42 Å². The van der Waals surface area contributed by atoms with Gasteiger partial charge in [-0.1, -0.05) is 70.9 Å². The van der Waals surface area contributed by atoms with Crippen LogP contribution in [-0.4, -0.2) is 33.4 Å². The van der Waals surface area contributed by atoms with E-state index in [1.165, 1.54) is 77.0 Å². The van der Waals surface area contributed by atoms with Crippen LogP contribution in [0.3, 0.4) is 0 Å². The highest BCUT2D eigenvalue weighted by Crippen LogP contribution is 2.66. The SMILES string of the molecule is CCCCCCCCC1CCC2C3CC=C4CC(OC(=O)Cc5cc(OC)c(OC)c(OC)c5)CCC4(C)C3CCC12C. The van der Waals surface area contributed by atoms with Crippen molar-refractivity contribution in [2.24, 2.45) is 34.5 Å². The van der Waals surface area contributed by atoms with Crippen LogP contribution in [0.1, 0.15) is 123 Å². The van der Waals surface area contributed by atoms with E-state index in [0.717, 1.165) is 48.5 Å². The lowest BCUT2D eigenvalue weighted by molar-refractivity contribution is -0.150. The summed E-state index contributed by atoms with van der Waals surface area (Å²) in [5.74, 6) is 4.90. The second kappa shape index (κ2) is 13.9. The van der Waals surface area contributed by atoms with Crippen molar-refractivity contribution < 1.29 is 23.7 Å². The number of fused-ring (bicyclic) bond motifs is 5. The molecule has 1 aromatic carbocycles. The summed E-state index contributed by atoms with van der Waals surface area (Å²) in [6.45, 7) is 7.53. The molecule has 0 aromatic heterocycles. The van der Waals surface area contributed by atoms with E-state index in [0.29, 0.717) is 22.7 Å². The molecule has 4 aliphatic carbocycles. The summed E-state index contributed by atoms with van der Waals surface area (Å²) in [4.78, 5) is 13.1. The summed E-state index contributed by atoms with van der Waals surface area (Å²) in [6.07, 6.45) is 22.6. The zero-order chi connectivity index (χ0) is 30.6. The number of unbranched alkanes of at least 4 members (excludes halogenated alkanes) is 5. The van der Waals surface area contributed by atoms with Gasteiger partial charge in [0.25, 0.3) is 0 Å². The molecule has 0 N–H and O–H groups in total. The quantitative estimate of drug-likeness (QED) is 0.129. The van der Waals surface area contributed by atoms with E-state index >= 15 is 0 Å². The third-order valence-electron chi connectivity index (χ3n) is 12.5. The second-order valence-electron chi connectivity index (χ2n) is 14.7. The summed E-state index contributed by atoms with van der Waals surface area (Å²) in [6, 6.07) is 3.67. The first-order chi connectivity index (χ1) is 20.8. The standard InChI is InChI=1S/C38H58O5/c1-7-8-9-10-11-12-13-27-15-17-31-30-16-14-28-25-29(18-20-38(28,3)32(30)19-21-37(27,31)2)43-35(39)24-26-22-33(40-4)36(42-6)34(23-26)41-5/h14,22-23,27,29-32H,7-13,15-21,24-25H2,1-6H3. The number of hydrogen-bond donors (Lipinski definition) is 0. The molecule has 0 saturated heterocycles. The number of carbonyl (C=O) groups excluding carboxylic acids is 1. The maximum atomic E-state index is 13.1. The van der Waals surface area contributed by atoms with Crippen molar-refractivity contribution in [1.29, 1.82) is 0 Å². The Kier molecular flexibility index (Phi) is 10.4. The van der Waals surface area contributed by atoms with Gasteiger partial charge in [0.1, 0.15) is 6.10 Å². The first kappa shape index (κ1) is 32.2. The molecule has 0 spiro atoms. The van der Waals surface area contributed by atoms with E-state index in [4.69, 9.17) is 18.9 Å². The summed E-state index contributed by atoms with van der Waals surface area (Å²) in [7, 11) is 4.77. The third-order valence-corrected chi connectivity index (χ3v) is 12.5. The summed E-state index contributed by atoms with van der Waals surface area (Å²) in [5, 5.41) is 0. The second-order valence-corrected chi connectivity index (χ2v) is 14.7. The average Bonchev–Trinajstić information content (AvgIpc) is 3.34. The van der Waals surface area contributed by atoms with Crippen molar-refractivity contribution in [3.63, 3.8) is 0 Å². The fourth-order valence-corrected chi connectivity index (χ4v) is 10.1. The van der Waals surface area contributed by atoms with Crippen LogP contribution in [-0.2, 0) is 16.0 Å². The highest BCUT2D eigenvalue weighted by atomic mass is 16.5. The number of rotatable bonds is 13. The molecule has 0 amide bonds. The minimum atomic E-state index is -0.187. The van der Waals surface area contributed by atoms with Crippen LogP contribution < -0.4 is 14.2 Å². The maximum absolute atomic E-state index is 13.1. The van der Waals surface area contributed by atoms with Gasteiger partial charge in [-0.25, -0.2) is 0 Å². The maximum Gasteiger partial charge on any atom is 0.310 e. The van der Waals surface area contributed by atoms with Gasteiger partial charge >= 0.3 is 5.97 Å². The Morgan fingerprint density at radius 1 is 0.860 bits per heavy atom. The molecule has 5 nitrogen and oxygen atoms in total. The van der Waals surface area contributed by atoms with Crippen molar-refractivity contribution >= 4 is 5.97 Å². The Morgan fingerprint density at radius 3 is 2.28 bits per heavy atom. The molecule has 0 aliphatic heterocycles. The lowest BCUT2D eigenvalue weighted by Crippen LogP contribution is -2.50. The molecule has 3 saturated carbocycles. The summed E-state index contributed by atoms with van der Waals surface area (Å²) >= 11 is 0. The molecule has 5 heteroatoms. The average molecular weight is 595 g/mol. The highest BCUT2D eigenvalue weighted by molar-refractivity contribution is 5.74. The molecule has 7 unspecified atom stereocenters. The molecule has 0 bridgehead atoms. The number of allylic oxidation sites excluding steroid dienone is 1. The van der Waals surface area contributed by atoms with Crippen molar-refractivity contribution in [3.8, 4) is 17.2 Å². The number of ether oxygens (including phenoxy) is 4. The van der Waals surface area contributed by atoms with Gasteiger partial charge in [0.2, 0.25) is 5.75 Å². The lowest BCUT2D eigenvalue weighted by Gasteiger charge is -2.58. The fourth-order valence-electron chi connectivity index (χ4n) is 10.1. The highest BCUT2D eigenvalue weighted by Gasteiger charge is 2.58. The number of hydrogen-bond acceptors (Lipinski definition) is 5. The van der Waals surface area contributed by atoms with Gasteiger partial charge in [0.15, 0.2) is 11.5 Å². The number of methoxy groups -OCH3 is 3. The molecule has 5 rings (SSSR count). The monoisotopic (exact) mass is 594 g/mol. The molecule has 1 aromatic rings. The Hall–Kier alpha value is -2.17. The molecule has 3 fully saturated rings. The topological polar surface area (TPSA) is 54.0 Å². The molecule has 43 heavy (non-hydrogen) atoms. The van der Waals surface area contributed by atoms with E-state index in [-0.39, 0.29) is 23.9 Å². The van der Waals surface area contributed by atoms with E-state index in [9.17, 15) is 4.79 Å². The van der Waals surface area contributed by atoms with Crippen LogP contribution in [0.2, 0.25) is 0 Å². The van der Waals surface area contributed by atoms with Crippen LogP contribution in [0.4, 0.5) is 0 Å². The summed E-state index contributed by atoms with van der Waals surface area (Å²) in [5.41, 5.74) is 3.18. The molecular formula is C38H58O5. The van der Waals surface area contributed by atoms with Crippen LogP contribution in [0, 0.1) is 34.5 Å². The Bertz CT molecular complexity index is 1120. The van der Waals surface area contributed by atoms with Gasteiger partial charge < -0.3 is 18.9 Å². The van der Waals surface area contributed by atoms with E-state index in [1.54, 1.807) is 26.9 Å². The molecule has 7 atom stereocenters. The number of carbonyl (C=O) groups is 1. The number of benzene rings is 1. The molecule has 240 valence electrons. The third kappa shape index (κ3) is 6.47. The van der Waals surface area contributed by atoms with Gasteiger partial charge in [-0.3, -0.25) is 4.79 Å². The van der Waals surface area contributed by atoms with Crippen molar-refractivity contribution in [2.75, 3.05) is 21.3 Å². The van der Waals surface area contributed by atoms with Gasteiger partial charge in [-0.15, -0.1) is 0 Å². The van der Waals surface area contributed by atoms with Crippen LogP contribution in [0.5, 0.6) is 17.2 Å². The Balaban J connectivity index is 1.18. The van der Waals surface area contributed by atoms with Crippen LogP contribution >= 0.6 is 0 Å². The molecule has 0 heterocycles. The Labute approximate surface area is 261 Å². The predicted octanol–water partition coefficient (Wildman–Crippen LogP) is 9.50. The number of esters is 1. The van der Waals surface area contributed by atoms with Gasteiger partial charge in [0.05, 0.1) is 27.8 Å². The lowest BCUT2D eigenvalue weighted by atomic mass is 9.47. The molecular weight excluding hydrogens is 536 g/mol. The van der Waals surface area contributed by atoms with Gasteiger partial charge in [-0.05, 0) is 104 Å². The van der Waals surface area contributed by atoms with E-state index < -0.39 is 0 Å². The van der Waals surface area contributed by atoms with Crippen LogP contribution in [0.25, 0.3) is 0 Å². The van der Waals surface area contributed by atoms with Crippen molar-refractivity contribution in [3.05, 3.63) is 29.3 Å². The van der Waals surface area contributed by atoms with Gasteiger partial charge in [-0.2, -0.15) is 0 Å². The zero-order valence-electron chi connectivity index (χ0n) is 28.0. The summed E-state index contributed by atoms with van der Waals surface area (Å²) < 4.78 is 22.5. The first-order valence-corrected chi connectivity index (χ1v) is 17.4. The smallest absolute Gasteiger partial charge is 0.310 e. The van der Waals surface area contributed by atoms with E-state index in [1.807, 2.05) is 12.1 Å². The minimum Gasteiger partial charge on any atom is -0.493 e. The Morgan fingerprint density at radius 2 is 1.58 bits per heavy atom. The minimum absolute atomic E-state index is 0.0348. The van der Waals surface area contributed by atoms with Crippen molar-refractivity contribution in [2.45, 2.75) is 130 Å². The zero-order valence-corrected chi connectivity index (χ0v) is 28.0. The largest absolute Gasteiger partial charge is 0.493 e. The molecule has 4 aliphatic rings. The normalized spacial score (nSPS) is 33.1.